The van der Waals surface area contributed by atoms with Crippen LogP contribution in [0.3, 0.4) is 0 Å². The molecule has 0 aromatic heterocycles. The fraction of sp³-hybridized carbons (Fsp3) is 0.250. The highest BCUT2D eigenvalue weighted by Crippen LogP contribution is 2.44. The number of nitro groups is 1. The number of carbonyl (C=O) groups excluding carboxylic acids is 4. The van der Waals surface area contributed by atoms with E-state index in [1.165, 1.54) is 47.9 Å². The Bertz CT molecular complexity index is 1250. The lowest BCUT2D eigenvalue weighted by Crippen LogP contribution is -2.70. The molecule has 36 heavy (non-hydrogen) atoms. The smallest absolute Gasteiger partial charge is 0.356 e. The van der Waals surface area contributed by atoms with Gasteiger partial charge in [0.15, 0.2) is 5.12 Å². The molecular formula is C24H21N3O7S2. The normalized spacial score (nSPS) is 18.7. The van der Waals surface area contributed by atoms with Gasteiger partial charge in [-0.05, 0) is 23.3 Å². The van der Waals surface area contributed by atoms with Crippen molar-refractivity contribution >= 4 is 52.1 Å². The summed E-state index contributed by atoms with van der Waals surface area (Å²) in [6, 6.07) is 13.9. The first-order valence-electron chi connectivity index (χ1n) is 10.8. The highest BCUT2D eigenvalue weighted by molar-refractivity contribution is 8.17. The first-order valence-corrected chi connectivity index (χ1v) is 12.7. The number of non-ortho nitro benzene ring substituents is 1. The third-order valence-corrected chi connectivity index (χ3v) is 7.77. The fourth-order valence-corrected chi connectivity index (χ4v) is 6.03. The molecule has 2 atom stereocenters. The summed E-state index contributed by atoms with van der Waals surface area (Å²) in [4.78, 5) is 62.3. The van der Waals surface area contributed by atoms with Crippen molar-refractivity contribution in [2.75, 3.05) is 5.75 Å². The number of hydrogen-bond acceptors (Lipinski definition) is 9. The van der Waals surface area contributed by atoms with Crippen molar-refractivity contribution in [2.45, 2.75) is 31.4 Å². The Labute approximate surface area is 214 Å². The number of β-lactam (4-membered cyclic amide) rings is 1. The van der Waals surface area contributed by atoms with Gasteiger partial charge in [0.1, 0.15) is 23.7 Å². The number of nitrogens with zero attached hydrogens (tertiary/aromatic N) is 2. The number of hydrogen-bond donors (Lipinski definition) is 1. The van der Waals surface area contributed by atoms with Crippen molar-refractivity contribution in [3.63, 3.8) is 0 Å². The molecule has 1 N–H and O–H groups in total. The molecule has 4 rings (SSSR count). The zero-order chi connectivity index (χ0) is 25.8. The molecule has 2 aliphatic rings. The Morgan fingerprint density at radius 2 is 1.83 bits per heavy atom. The van der Waals surface area contributed by atoms with Gasteiger partial charge in [-0.25, -0.2) is 4.79 Å². The molecule has 1 saturated heterocycles. The van der Waals surface area contributed by atoms with E-state index in [1.54, 1.807) is 0 Å². The quantitative estimate of drug-likeness (QED) is 0.238. The molecule has 0 radical (unpaired) electrons. The van der Waals surface area contributed by atoms with Crippen LogP contribution in [0, 0.1) is 10.1 Å². The van der Waals surface area contributed by atoms with Crippen molar-refractivity contribution < 1.29 is 28.8 Å². The average molecular weight is 528 g/mol. The number of amides is 2. The van der Waals surface area contributed by atoms with E-state index in [4.69, 9.17) is 4.74 Å². The van der Waals surface area contributed by atoms with E-state index >= 15 is 0 Å². The molecule has 2 amide bonds. The zero-order valence-corrected chi connectivity index (χ0v) is 20.7. The number of nitrogens with one attached hydrogen (secondary N) is 1. The second-order valence-electron chi connectivity index (χ2n) is 7.98. The van der Waals surface area contributed by atoms with Gasteiger partial charge in [0.05, 0.1) is 11.3 Å². The van der Waals surface area contributed by atoms with Crippen LogP contribution >= 0.6 is 23.5 Å². The predicted molar refractivity (Wildman–Crippen MR) is 133 cm³/mol. The molecule has 2 heterocycles. The van der Waals surface area contributed by atoms with Gasteiger partial charge in [0, 0.05) is 29.7 Å². The van der Waals surface area contributed by atoms with Crippen LogP contribution in [0.4, 0.5) is 5.69 Å². The number of carbonyl (C=O) groups is 4. The van der Waals surface area contributed by atoms with Crippen molar-refractivity contribution in [2.24, 2.45) is 0 Å². The number of nitro benzene ring substituents is 1. The Kier molecular flexibility index (Phi) is 7.75. The first kappa shape index (κ1) is 25.5. The summed E-state index contributed by atoms with van der Waals surface area (Å²) in [5.41, 5.74) is 1.23. The molecule has 0 aliphatic carbocycles. The third kappa shape index (κ3) is 5.60. The molecule has 0 saturated carbocycles. The van der Waals surface area contributed by atoms with E-state index < -0.39 is 28.2 Å². The van der Waals surface area contributed by atoms with Crippen LogP contribution in [0.15, 0.2) is 65.2 Å². The van der Waals surface area contributed by atoms with Gasteiger partial charge < -0.3 is 10.1 Å². The van der Waals surface area contributed by atoms with Gasteiger partial charge in [-0.15, -0.1) is 11.8 Å². The van der Waals surface area contributed by atoms with Crippen LogP contribution in [-0.4, -0.2) is 49.9 Å². The third-order valence-electron chi connectivity index (χ3n) is 5.43. The monoisotopic (exact) mass is 527 g/mol. The maximum atomic E-state index is 13.0. The molecule has 1 unspecified atom stereocenters. The molecule has 0 spiro atoms. The molecule has 2 aliphatic heterocycles. The van der Waals surface area contributed by atoms with Gasteiger partial charge in [-0.2, -0.15) is 0 Å². The van der Waals surface area contributed by atoms with Crippen molar-refractivity contribution in [3.05, 3.63) is 86.4 Å². The molecule has 186 valence electrons. The summed E-state index contributed by atoms with van der Waals surface area (Å²) in [6.07, 6.45) is 0.118. The minimum absolute atomic E-state index is 0.0144. The first-order chi connectivity index (χ1) is 17.2. The molecule has 12 heteroatoms. The Balaban J connectivity index is 1.46. The maximum absolute atomic E-state index is 13.0. The lowest BCUT2D eigenvalue weighted by molar-refractivity contribution is -0.384. The van der Waals surface area contributed by atoms with Crippen molar-refractivity contribution in [3.8, 4) is 0 Å². The SMILES string of the molecule is CC(=O)SC1=C(C(=O)OCc2ccc([N+](=O)[O-])cc2)N2C(=O)C(NC(=O)Cc3ccccc3)[C@H]2SC1. The second kappa shape index (κ2) is 11.0. The van der Waals surface area contributed by atoms with Gasteiger partial charge >= 0.3 is 5.97 Å². The predicted octanol–water partition coefficient (Wildman–Crippen LogP) is 2.77. The summed E-state index contributed by atoms with van der Waals surface area (Å²) in [6.45, 7) is 1.19. The average Bonchev–Trinajstić information content (AvgIpc) is 2.86. The summed E-state index contributed by atoms with van der Waals surface area (Å²) < 4.78 is 5.39. The topological polar surface area (TPSA) is 136 Å². The Morgan fingerprint density at radius 3 is 2.47 bits per heavy atom. The highest BCUT2D eigenvalue weighted by Gasteiger charge is 2.54. The van der Waals surface area contributed by atoms with Crippen LogP contribution in [0.5, 0.6) is 0 Å². The maximum Gasteiger partial charge on any atom is 0.356 e. The van der Waals surface area contributed by atoms with Crippen LogP contribution in [0.1, 0.15) is 18.1 Å². The van der Waals surface area contributed by atoms with E-state index in [2.05, 4.69) is 5.32 Å². The van der Waals surface area contributed by atoms with E-state index in [1.807, 2.05) is 30.3 Å². The largest absolute Gasteiger partial charge is 0.456 e. The zero-order valence-electron chi connectivity index (χ0n) is 19.0. The molecule has 10 nitrogen and oxygen atoms in total. The number of benzene rings is 2. The lowest BCUT2D eigenvalue weighted by Gasteiger charge is -2.49. The van der Waals surface area contributed by atoms with Gasteiger partial charge in [-0.3, -0.25) is 29.4 Å². The second-order valence-corrected chi connectivity index (χ2v) is 10.4. The van der Waals surface area contributed by atoms with E-state index in [0.29, 0.717) is 16.2 Å². The molecule has 2 aromatic rings. The summed E-state index contributed by atoms with van der Waals surface area (Å²) in [5.74, 6) is -1.26. The number of thioether (sulfide) groups is 2. The van der Waals surface area contributed by atoms with Crippen LogP contribution in [0.25, 0.3) is 0 Å². The van der Waals surface area contributed by atoms with Gasteiger partial charge in [0.25, 0.3) is 11.6 Å². The van der Waals surface area contributed by atoms with Gasteiger partial charge in [0.2, 0.25) is 5.91 Å². The molecule has 0 bridgehead atoms. The molecule has 1 fully saturated rings. The van der Waals surface area contributed by atoms with Crippen LogP contribution in [-0.2, 0) is 36.9 Å². The van der Waals surface area contributed by atoms with Crippen molar-refractivity contribution in [1.29, 1.82) is 0 Å². The Morgan fingerprint density at radius 1 is 1.14 bits per heavy atom. The van der Waals surface area contributed by atoms with E-state index in [-0.39, 0.29) is 35.4 Å². The van der Waals surface area contributed by atoms with Crippen molar-refractivity contribution in [1.82, 2.24) is 10.2 Å². The summed E-state index contributed by atoms with van der Waals surface area (Å²) >= 11 is 2.21. The minimum atomic E-state index is -0.799. The lowest BCUT2D eigenvalue weighted by atomic mass is 10.0. The van der Waals surface area contributed by atoms with E-state index in [0.717, 1.165) is 17.3 Å². The van der Waals surface area contributed by atoms with Crippen LogP contribution in [0.2, 0.25) is 0 Å². The summed E-state index contributed by atoms with van der Waals surface area (Å²) in [7, 11) is 0. The van der Waals surface area contributed by atoms with E-state index in [9.17, 15) is 29.3 Å². The number of fused-ring (bicyclic) bond motifs is 1. The fourth-order valence-electron chi connectivity index (χ4n) is 3.77. The van der Waals surface area contributed by atoms with Crippen LogP contribution < -0.4 is 5.32 Å². The summed E-state index contributed by atoms with van der Waals surface area (Å²) in [5, 5.41) is 12.8. The molecular weight excluding hydrogens is 506 g/mol. The number of rotatable bonds is 8. The highest BCUT2D eigenvalue weighted by atomic mass is 32.2. The molecule has 2 aromatic carbocycles. The Hall–Kier alpha value is -3.64. The van der Waals surface area contributed by atoms with Gasteiger partial charge in [-0.1, -0.05) is 42.1 Å². The number of esters is 1. The minimum Gasteiger partial charge on any atom is -0.456 e. The number of ether oxygens (including phenoxy) is 1. The standard InChI is InChI=1S/C24H21N3O7S2/c1-14(28)36-18-13-35-23-20(25-19(29)11-15-5-3-2-4-6-15)22(30)26(23)21(18)24(31)34-12-16-7-9-17(10-8-16)27(32)33/h2-10,20,23H,11-13H2,1H3,(H,25,29)/t20?,23-/m1/s1.